The molecule has 2 unspecified atom stereocenters. The van der Waals surface area contributed by atoms with E-state index in [0.717, 1.165) is 32.4 Å². The number of nitrogens with zero attached hydrogens (tertiary/aromatic N) is 2. The maximum Gasteiger partial charge on any atom is 0.303 e. The lowest BCUT2D eigenvalue weighted by Gasteiger charge is -2.27. The molecule has 0 aliphatic heterocycles. The van der Waals surface area contributed by atoms with E-state index in [1.807, 2.05) is 20.8 Å². The molecule has 0 bridgehead atoms. The number of hydrogen-bond acceptors (Lipinski definition) is 8. The van der Waals surface area contributed by atoms with Gasteiger partial charge in [-0.25, -0.2) is 0 Å². The first kappa shape index (κ1) is 28.8. The molecular formula is C21H41N5O5. The molecule has 0 aromatic rings. The van der Waals surface area contributed by atoms with Crippen LogP contribution in [0, 0.1) is 5.92 Å². The fourth-order valence-electron chi connectivity index (χ4n) is 2.92. The third kappa shape index (κ3) is 13.7. The fraction of sp³-hybridized carbons (Fsp3) is 0.810. The van der Waals surface area contributed by atoms with Gasteiger partial charge in [-0.3, -0.25) is 9.59 Å². The molecule has 2 atom stereocenters. The Balaban J connectivity index is 4.58. The summed E-state index contributed by atoms with van der Waals surface area (Å²) in [6, 6.07) is -0.0277. The molecule has 0 rings (SSSR count). The van der Waals surface area contributed by atoms with E-state index in [0.29, 0.717) is 30.3 Å². The number of hydrogen-bond donors (Lipinski definition) is 6. The lowest BCUT2D eigenvalue weighted by atomic mass is 9.95. The van der Waals surface area contributed by atoms with Gasteiger partial charge in [-0.15, -0.1) is 0 Å². The highest BCUT2D eigenvalue weighted by Gasteiger charge is 2.22. The van der Waals surface area contributed by atoms with E-state index in [-0.39, 0.29) is 24.8 Å². The second-order valence-electron chi connectivity index (χ2n) is 8.48. The Morgan fingerprint density at radius 2 is 1.58 bits per heavy atom. The van der Waals surface area contributed by atoms with Crippen molar-refractivity contribution in [2.24, 2.45) is 16.2 Å². The molecule has 6 N–H and O–H groups in total. The van der Waals surface area contributed by atoms with Crippen LogP contribution in [0.2, 0.25) is 0 Å². The summed E-state index contributed by atoms with van der Waals surface area (Å²) in [5.41, 5.74) is 0.804. The number of aliphatic carboxylic acids is 1. The Hall–Kier alpha value is -2.20. The molecule has 0 heterocycles. The summed E-state index contributed by atoms with van der Waals surface area (Å²) in [7, 11) is 0. The number of nitrogens with one attached hydrogen (secondary N) is 3. The van der Waals surface area contributed by atoms with Crippen LogP contribution in [0.1, 0.15) is 73.1 Å². The van der Waals surface area contributed by atoms with Gasteiger partial charge in [0.2, 0.25) is 5.91 Å². The maximum atomic E-state index is 11.9. The van der Waals surface area contributed by atoms with Crippen molar-refractivity contribution in [3.63, 3.8) is 0 Å². The van der Waals surface area contributed by atoms with E-state index in [1.54, 1.807) is 13.8 Å². The zero-order valence-corrected chi connectivity index (χ0v) is 19.6. The minimum absolute atomic E-state index is 0.00548. The Kier molecular flexibility index (Phi) is 14.5. The van der Waals surface area contributed by atoms with Gasteiger partial charge in [0, 0.05) is 25.4 Å². The van der Waals surface area contributed by atoms with Gasteiger partial charge in [-0.1, -0.05) is 10.3 Å². The first-order valence-electron chi connectivity index (χ1n) is 10.9. The molecular weight excluding hydrogens is 402 g/mol. The number of carbonyl (C=O) groups excluding carboxylic acids is 1. The molecule has 0 radical (unpaired) electrons. The van der Waals surface area contributed by atoms with Crippen LogP contribution in [0.15, 0.2) is 10.3 Å². The highest BCUT2D eigenvalue weighted by Crippen LogP contribution is 2.14. The molecule has 180 valence electrons. The van der Waals surface area contributed by atoms with E-state index in [2.05, 4.69) is 26.3 Å². The standard InChI is InChI=1S/C21H41N5O5/c1-15(16(2)25-30)22-12-9-18(11-14-24-21(4,5)17(3)26-31)10-13-23-19(27)7-6-8-20(28)29/h15,18,22,24,30-31H,6-14H2,1-5H3,(H,23,27)(H,28,29)/b25-16-,26-17-. The molecule has 0 aromatic carbocycles. The van der Waals surface area contributed by atoms with Crippen molar-refractivity contribution in [3.05, 3.63) is 0 Å². The Morgan fingerprint density at radius 3 is 2.16 bits per heavy atom. The average molecular weight is 444 g/mol. The molecule has 0 saturated heterocycles. The van der Waals surface area contributed by atoms with Gasteiger partial charge in [-0.05, 0) is 79.3 Å². The van der Waals surface area contributed by atoms with Crippen molar-refractivity contribution in [2.75, 3.05) is 19.6 Å². The van der Waals surface area contributed by atoms with E-state index in [9.17, 15) is 9.59 Å². The number of carboxylic acids is 1. The summed E-state index contributed by atoms with van der Waals surface area (Å²) in [6.45, 7) is 11.4. The van der Waals surface area contributed by atoms with Gasteiger partial charge in [0.05, 0.1) is 17.0 Å². The van der Waals surface area contributed by atoms with Gasteiger partial charge in [0.25, 0.3) is 0 Å². The third-order valence-corrected chi connectivity index (χ3v) is 5.63. The SMILES string of the molecule is C/C(=N/O)C(C)NCCC(CCNC(=O)CCCC(=O)O)CCNC(C)(C)/C(C)=N\O. The summed E-state index contributed by atoms with van der Waals surface area (Å²) in [5.74, 6) is -0.691. The Morgan fingerprint density at radius 1 is 0.968 bits per heavy atom. The molecule has 10 heteroatoms. The second-order valence-corrected chi connectivity index (χ2v) is 8.48. The monoisotopic (exact) mass is 443 g/mol. The van der Waals surface area contributed by atoms with Crippen LogP contribution in [0.3, 0.4) is 0 Å². The summed E-state index contributed by atoms with van der Waals surface area (Å²) in [6.07, 6.45) is 3.10. The number of rotatable bonds is 17. The smallest absolute Gasteiger partial charge is 0.303 e. The molecule has 0 saturated carbocycles. The molecule has 1 amide bonds. The van der Waals surface area contributed by atoms with Crippen LogP contribution < -0.4 is 16.0 Å². The second kappa shape index (κ2) is 15.6. The fourth-order valence-corrected chi connectivity index (χ4v) is 2.92. The highest BCUT2D eigenvalue weighted by atomic mass is 16.4. The van der Waals surface area contributed by atoms with Crippen molar-refractivity contribution < 1.29 is 25.1 Å². The van der Waals surface area contributed by atoms with Crippen molar-refractivity contribution in [1.29, 1.82) is 0 Å². The van der Waals surface area contributed by atoms with Gasteiger partial charge >= 0.3 is 5.97 Å². The van der Waals surface area contributed by atoms with E-state index in [1.165, 1.54) is 0 Å². The van der Waals surface area contributed by atoms with Crippen molar-refractivity contribution in [1.82, 2.24) is 16.0 Å². The van der Waals surface area contributed by atoms with E-state index in [4.69, 9.17) is 15.5 Å². The Bertz CT molecular complexity index is 607. The summed E-state index contributed by atoms with van der Waals surface area (Å²) < 4.78 is 0. The van der Waals surface area contributed by atoms with Crippen molar-refractivity contribution >= 4 is 23.3 Å². The molecule has 0 aliphatic rings. The zero-order valence-electron chi connectivity index (χ0n) is 19.6. The van der Waals surface area contributed by atoms with Gasteiger partial charge < -0.3 is 31.5 Å². The third-order valence-electron chi connectivity index (χ3n) is 5.63. The molecule has 0 aromatic heterocycles. The van der Waals surface area contributed by atoms with Gasteiger partial charge in [0.15, 0.2) is 0 Å². The van der Waals surface area contributed by atoms with Crippen molar-refractivity contribution in [2.45, 2.75) is 84.7 Å². The van der Waals surface area contributed by atoms with E-state index >= 15 is 0 Å². The quantitative estimate of drug-likeness (QED) is 0.114. The molecule has 0 aliphatic carbocycles. The highest BCUT2D eigenvalue weighted by molar-refractivity contribution is 5.90. The van der Waals surface area contributed by atoms with E-state index < -0.39 is 11.5 Å². The van der Waals surface area contributed by atoms with Gasteiger partial charge in [-0.2, -0.15) is 0 Å². The van der Waals surface area contributed by atoms with Crippen LogP contribution in [-0.2, 0) is 9.59 Å². The molecule has 10 nitrogen and oxygen atoms in total. The van der Waals surface area contributed by atoms with Crippen LogP contribution in [0.25, 0.3) is 0 Å². The largest absolute Gasteiger partial charge is 0.481 e. The number of carbonyl (C=O) groups is 2. The van der Waals surface area contributed by atoms with Crippen LogP contribution in [0.5, 0.6) is 0 Å². The minimum atomic E-state index is -0.895. The van der Waals surface area contributed by atoms with Crippen LogP contribution in [-0.4, -0.2) is 70.0 Å². The lowest BCUT2D eigenvalue weighted by molar-refractivity contribution is -0.137. The molecule has 31 heavy (non-hydrogen) atoms. The molecule has 0 fully saturated rings. The first-order valence-corrected chi connectivity index (χ1v) is 10.9. The normalized spacial score (nSPS) is 14.9. The topological polar surface area (TPSA) is 156 Å². The summed E-state index contributed by atoms with van der Waals surface area (Å²) in [4.78, 5) is 22.4. The summed E-state index contributed by atoms with van der Waals surface area (Å²) >= 11 is 0. The number of amides is 1. The average Bonchev–Trinajstić information content (AvgIpc) is 2.71. The lowest BCUT2D eigenvalue weighted by Crippen LogP contribution is -2.46. The van der Waals surface area contributed by atoms with Crippen molar-refractivity contribution in [3.8, 4) is 0 Å². The van der Waals surface area contributed by atoms with Gasteiger partial charge in [0.1, 0.15) is 0 Å². The number of oxime groups is 2. The Labute approximate surface area is 185 Å². The predicted molar refractivity (Wildman–Crippen MR) is 121 cm³/mol. The zero-order chi connectivity index (χ0) is 23.9. The summed E-state index contributed by atoms with van der Waals surface area (Å²) in [5, 5.41) is 42.6. The minimum Gasteiger partial charge on any atom is -0.481 e. The van der Waals surface area contributed by atoms with Crippen LogP contribution in [0.4, 0.5) is 0 Å². The number of carboxylic acid groups (broad SMARTS) is 1. The van der Waals surface area contributed by atoms with Crippen LogP contribution >= 0.6 is 0 Å². The maximum absolute atomic E-state index is 11.9. The first-order chi connectivity index (χ1) is 14.5. The molecule has 0 spiro atoms. The predicted octanol–water partition coefficient (Wildman–Crippen LogP) is 2.19.